The maximum absolute atomic E-state index is 5.92. The number of hydrogen-bond donors (Lipinski definition) is 1. The molecule has 2 saturated heterocycles. The molecule has 0 saturated carbocycles. The van der Waals surface area contributed by atoms with E-state index < -0.39 is 0 Å². The van der Waals surface area contributed by atoms with Crippen molar-refractivity contribution in [2.24, 2.45) is 5.41 Å². The number of hydrogen-bond acceptors (Lipinski definition) is 2. The molecule has 0 amide bonds. The Morgan fingerprint density at radius 1 is 1.11 bits per heavy atom. The molecule has 3 heteroatoms. The molecule has 2 aliphatic rings. The van der Waals surface area contributed by atoms with E-state index in [0.717, 1.165) is 11.6 Å². The lowest BCUT2D eigenvalue weighted by atomic mass is 9.78. The molecule has 0 unspecified atom stereocenters. The zero-order valence-corrected chi connectivity index (χ0v) is 11.5. The van der Waals surface area contributed by atoms with Crippen LogP contribution in [0.4, 0.5) is 0 Å². The van der Waals surface area contributed by atoms with Crippen molar-refractivity contribution in [1.82, 2.24) is 10.2 Å². The van der Waals surface area contributed by atoms with Gasteiger partial charge in [0, 0.05) is 18.1 Å². The van der Waals surface area contributed by atoms with E-state index in [0.29, 0.717) is 5.41 Å². The Balaban J connectivity index is 1.60. The number of benzene rings is 1. The van der Waals surface area contributed by atoms with Crippen LogP contribution >= 0.6 is 11.6 Å². The van der Waals surface area contributed by atoms with Crippen LogP contribution in [0, 0.1) is 5.41 Å². The molecule has 0 bridgehead atoms. The number of nitrogens with zero attached hydrogens (tertiary/aromatic N) is 1. The van der Waals surface area contributed by atoms with Crippen molar-refractivity contribution < 1.29 is 0 Å². The number of halogens is 1. The maximum Gasteiger partial charge on any atom is 0.0406 e. The highest BCUT2D eigenvalue weighted by Crippen LogP contribution is 2.38. The molecule has 1 N–H and O–H groups in total. The van der Waals surface area contributed by atoms with Crippen LogP contribution in [0.25, 0.3) is 0 Å². The molecule has 18 heavy (non-hydrogen) atoms. The average Bonchev–Trinajstić information content (AvgIpc) is 2.76. The minimum atomic E-state index is 0.609. The highest BCUT2D eigenvalue weighted by atomic mass is 35.5. The van der Waals surface area contributed by atoms with Gasteiger partial charge in [-0.15, -0.1) is 0 Å². The number of piperidine rings is 1. The maximum atomic E-state index is 5.92. The van der Waals surface area contributed by atoms with Gasteiger partial charge in [0.15, 0.2) is 0 Å². The minimum absolute atomic E-state index is 0.609. The van der Waals surface area contributed by atoms with E-state index in [9.17, 15) is 0 Å². The minimum Gasteiger partial charge on any atom is -0.317 e. The third-order valence-electron chi connectivity index (χ3n) is 4.50. The van der Waals surface area contributed by atoms with Gasteiger partial charge in [0.25, 0.3) is 0 Å². The largest absolute Gasteiger partial charge is 0.317 e. The van der Waals surface area contributed by atoms with Crippen LogP contribution in [-0.4, -0.2) is 31.1 Å². The lowest BCUT2D eigenvalue weighted by molar-refractivity contribution is 0.194. The van der Waals surface area contributed by atoms with Gasteiger partial charge in [-0.05, 0) is 62.0 Å². The summed E-state index contributed by atoms with van der Waals surface area (Å²) in [6.07, 6.45) is 4.08. The Morgan fingerprint density at radius 2 is 1.83 bits per heavy atom. The highest BCUT2D eigenvalue weighted by Gasteiger charge is 2.38. The lowest BCUT2D eigenvalue weighted by Crippen LogP contribution is -2.38. The number of nitrogens with one attached hydrogen (secondary N) is 1. The first-order valence-corrected chi connectivity index (χ1v) is 7.31. The molecule has 1 aromatic rings. The molecule has 1 spiro atoms. The smallest absolute Gasteiger partial charge is 0.0406 e. The Labute approximate surface area is 114 Å². The predicted molar refractivity (Wildman–Crippen MR) is 75.9 cm³/mol. The number of likely N-dealkylation sites (tertiary alicyclic amines) is 1. The summed E-state index contributed by atoms with van der Waals surface area (Å²) >= 11 is 5.92. The third kappa shape index (κ3) is 2.71. The van der Waals surface area contributed by atoms with Gasteiger partial charge in [0.05, 0.1) is 0 Å². The van der Waals surface area contributed by atoms with E-state index in [1.807, 2.05) is 12.1 Å². The topological polar surface area (TPSA) is 15.3 Å². The molecule has 0 aliphatic carbocycles. The molecular weight excluding hydrogens is 244 g/mol. The Morgan fingerprint density at radius 3 is 2.56 bits per heavy atom. The van der Waals surface area contributed by atoms with Crippen LogP contribution in [0.3, 0.4) is 0 Å². The summed E-state index contributed by atoms with van der Waals surface area (Å²) < 4.78 is 0. The fraction of sp³-hybridized carbons (Fsp3) is 0.600. The second kappa shape index (κ2) is 5.20. The summed E-state index contributed by atoms with van der Waals surface area (Å²) in [5, 5.41) is 4.30. The van der Waals surface area contributed by atoms with Crippen molar-refractivity contribution in [2.75, 3.05) is 26.2 Å². The molecule has 0 aromatic heterocycles. The highest BCUT2D eigenvalue weighted by molar-refractivity contribution is 6.30. The van der Waals surface area contributed by atoms with Gasteiger partial charge in [-0.2, -0.15) is 0 Å². The lowest BCUT2D eigenvalue weighted by Gasteiger charge is -2.33. The zero-order valence-electron chi connectivity index (χ0n) is 10.8. The standard InChI is InChI=1S/C15H21ClN2/c16-14-3-1-13(2-4-14)11-18-10-7-15(12-18)5-8-17-9-6-15/h1-4,17H,5-12H2. The van der Waals surface area contributed by atoms with Gasteiger partial charge < -0.3 is 5.32 Å². The third-order valence-corrected chi connectivity index (χ3v) is 4.75. The van der Waals surface area contributed by atoms with Gasteiger partial charge in [0.2, 0.25) is 0 Å². The second-order valence-corrected chi connectivity index (χ2v) is 6.27. The van der Waals surface area contributed by atoms with E-state index in [1.165, 1.54) is 51.0 Å². The van der Waals surface area contributed by atoms with E-state index in [4.69, 9.17) is 11.6 Å². The van der Waals surface area contributed by atoms with Gasteiger partial charge in [-0.1, -0.05) is 23.7 Å². The Bertz CT molecular complexity index is 395. The predicted octanol–water partition coefficient (Wildman–Crippen LogP) is 2.92. The normalized spacial score (nSPS) is 23.6. The van der Waals surface area contributed by atoms with Crippen molar-refractivity contribution in [2.45, 2.75) is 25.8 Å². The number of rotatable bonds is 2. The van der Waals surface area contributed by atoms with Gasteiger partial charge in [-0.3, -0.25) is 4.90 Å². The SMILES string of the molecule is Clc1ccc(CN2CCC3(CCNCC3)C2)cc1. The summed E-state index contributed by atoms with van der Waals surface area (Å²) in [4.78, 5) is 2.61. The first-order chi connectivity index (χ1) is 8.76. The van der Waals surface area contributed by atoms with Crippen molar-refractivity contribution >= 4 is 11.6 Å². The summed E-state index contributed by atoms with van der Waals surface area (Å²) in [7, 11) is 0. The van der Waals surface area contributed by atoms with Crippen LogP contribution in [0.15, 0.2) is 24.3 Å². The quantitative estimate of drug-likeness (QED) is 0.884. The van der Waals surface area contributed by atoms with Gasteiger partial charge >= 0.3 is 0 Å². The molecule has 0 radical (unpaired) electrons. The summed E-state index contributed by atoms with van der Waals surface area (Å²) in [6.45, 7) is 6.01. The fourth-order valence-corrected chi connectivity index (χ4v) is 3.50. The molecule has 0 atom stereocenters. The summed E-state index contributed by atoms with van der Waals surface area (Å²) in [6, 6.07) is 8.28. The first-order valence-electron chi connectivity index (χ1n) is 6.93. The van der Waals surface area contributed by atoms with Crippen molar-refractivity contribution in [3.05, 3.63) is 34.9 Å². The van der Waals surface area contributed by atoms with Crippen LogP contribution in [0.5, 0.6) is 0 Å². The van der Waals surface area contributed by atoms with Crippen molar-refractivity contribution in [3.8, 4) is 0 Å². The molecule has 2 fully saturated rings. The summed E-state index contributed by atoms with van der Waals surface area (Å²) in [5.41, 5.74) is 1.99. The Kier molecular flexibility index (Phi) is 3.60. The monoisotopic (exact) mass is 264 g/mol. The molecule has 1 aromatic carbocycles. The molecule has 98 valence electrons. The average molecular weight is 265 g/mol. The molecular formula is C15H21ClN2. The van der Waals surface area contributed by atoms with Crippen LogP contribution in [0.2, 0.25) is 5.02 Å². The van der Waals surface area contributed by atoms with Gasteiger partial charge in [0.1, 0.15) is 0 Å². The zero-order chi connectivity index (χ0) is 12.4. The van der Waals surface area contributed by atoms with Crippen LogP contribution < -0.4 is 5.32 Å². The Hall–Kier alpha value is -0.570. The van der Waals surface area contributed by atoms with Crippen LogP contribution in [0.1, 0.15) is 24.8 Å². The van der Waals surface area contributed by atoms with Crippen molar-refractivity contribution in [1.29, 1.82) is 0 Å². The summed E-state index contributed by atoms with van der Waals surface area (Å²) in [5.74, 6) is 0. The molecule has 2 aliphatic heterocycles. The van der Waals surface area contributed by atoms with Crippen molar-refractivity contribution in [3.63, 3.8) is 0 Å². The van der Waals surface area contributed by atoms with Gasteiger partial charge in [-0.25, -0.2) is 0 Å². The fourth-order valence-electron chi connectivity index (χ4n) is 3.38. The van der Waals surface area contributed by atoms with E-state index in [1.54, 1.807) is 0 Å². The molecule has 2 nitrogen and oxygen atoms in total. The molecule has 3 rings (SSSR count). The van der Waals surface area contributed by atoms with E-state index in [2.05, 4.69) is 22.3 Å². The van der Waals surface area contributed by atoms with E-state index >= 15 is 0 Å². The first kappa shape index (κ1) is 12.5. The molecule has 2 heterocycles. The van der Waals surface area contributed by atoms with E-state index in [-0.39, 0.29) is 0 Å². The van der Waals surface area contributed by atoms with Crippen LogP contribution in [-0.2, 0) is 6.54 Å². The second-order valence-electron chi connectivity index (χ2n) is 5.84.